The molecule has 1 N–H and O–H groups in total. The highest BCUT2D eigenvalue weighted by molar-refractivity contribution is 7.15. The lowest BCUT2D eigenvalue weighted by Gasteiger charge is -2.22. The molecule has 142 valence electrons. The van der Waals surface area contributed by atoms with Gasteiger partial charge in [0, 0.05) is 17.6 Å². The molecule has 1 saturated heterocycles. The standard InChI is InChI=1S/C18H14N4O5S/c1-18(10-2-3-12-13(6-10)27-9-26-12)15(24)22(16(25)20-18)8-11-7-14(23)21-4-5-28-17(21)19-11/h2-7H,8-9H2,1H3,(H,20,25)/t18-/m1/s1. The highest BCUT2D eigenvalue weighted by Gasteiger charge is 2.49. The second kappa shape index (κ2) is 5.80. The van der Waals surface area contributed by atoms with Crippen LogP contribution in [0.2, 0.25) is 0 Å². The van der Waals surface area contributed by atoms with Crippen LogP contribution in [0.25, 0.3) is 4.96 Å². The van der Waals surface area contributed by atoms with Gasteiger partial charge in [-0.3, -0.25) is 18.9 Å². The van der Waals surface area contributed by atoms with E-state index >= 15 is 0 Å². The van der Waals surface area contributed by atoms with E-state index in [1.54, 1.807) is 36.7 Å². The molecule has 3 aromatic rings. The van der Waals surface area contributed by atoms with Gasteiger partial charge >= 0.3 is 6.03 Å². The first-order valence-electron chi connectivity index (χ1n) is 8.46. The summed E-state index contributed by atoms with van der Waals surface area (Å²) in [6.07, 6.45) is 1.63. The van der Waals surface area contributed by atoms with E-state index in [1.165, 1.54) is 21.8 Å². The molecular weight excluding hydrogens is 384 g/mol. The van der Waals surface area contributed by atoms with Gasteiger partial charge in [-0.25, -0.2) is 9.78 Å². The van der Waals surface area contributed by atoms with E-state index < -0.39 is 17.5 Å². The molecule has 0 aliphatic carbocycles. The molecule has 1 aromatic carbocycles. The van der Waals surface area contributed by atoms with Crippen LogP contribution >= 0.6 is 11.3 Å². The Morgan fingerprint density at radius 3 is 2.89 bits per heavy atom. The molecule has 4 heterocycles. The number of hydrogen-bond donors (Lipinski definition) is 1. The summed E-state index contributed by atoms with van der Waals surface area (Å²) in [5.41, 5.74) is -0.572. The Balaban J connectivity index is 1.47. The second-order valence-electron chi connectivity index (χ2n) is 6.66. The first-order chi connectivity index (χ1) is 13.5. The normalized spacial score (nSPS) is 20.8. The third kappa shape index (κ3) is 2.38. The number of fused-ring (bicyclic) bond motifs is 2. The number of urea groups is 1. The molecule has 0 spiro atoms. The molecule has 10 heteroatoms. The lowest BCUT2D eigenvalue weighted by Crippen LogP contribution is -2.40. The van der Waals surface area contributed by atoms with Gasteiger partial charge in [0.2, 0.25) is 6.79 Å². The van der Waals surface area contributed by atoms with Crippen LogP contribution in [0.3, 0.4) is 0 Å². The van der Waals surface area contributed by atoms with Gasteiger partial charge in [0.15, 0.2) is 16.5 Å². The summed E-state index contributed by atoms with van der Waals surface area (Å²) < 4.78 is 12.1. The number of thiazole rings is 1. The summed E-state index contributed by atoms with van der Waals surface area (Å²) >= 11 is 1.31. The maximum Gasteiger partial charge on any atom is 0.325 e. The fourth-order valence-corrected chi connectivity index (χ4v) is 4.11. The number of amides is 3. The van der Waals surface area contributed by atoms with Gasteiger partial charge in [-0.15, -0.1) is 11.3 Å². The quantitative estimate of drug-likeness (QED) is 0.670. The van der Waals surface area contributed by atoms with E-state index in [1.807, 2.05) is 0 Å². The summed E-state index contributed by atoms with van der Waals surface area (Å²) in [5, 5.41) is 4.49. The molecule has 0 unspecified atom stereocenters. The molecule has 0 bridgehead atoms. The Kier molecular flexibility index (Phi) is 3.47. The average molecular weight is 398 g/mol. The number of nitrogens with one attached hydrogen (secondary N) is 1. The molecule has 9 nitrogen and oxygen atoms in total. The zero-order valence-electron chi connectivity index (χ0n) is 14.7. The van der Waals surface area contributed by atoms with E-state index in [2.05, 4.69) is 10.3 Å². The molecule has 1 fully saturated rings. The van der Waals surface area contributed by atoms with E-state index in [-0.39, 0.29) is 18.9 Å². The summed E-state index contributed by atoms with van der Waals surface area (Å²) in [7, 11) is 0. The molecular formula is C18H14N4O5S. The van der Waals surface area contributed by atoms with Crippen molar-refractivity contribution in [1.82, 2.24) is 19.6 Å². The van der Waals surface area contributed by atoms with Crippen molar-refractivity contribution in [3.63, 3.8) is 0 Å². The molecule has 28 heavy (non-hydrogen) atoms. The predicted molar refractivity (Wildman–Crippen MR) is 98.3 cm³/mol. The van der Waals surface area contributed by atoms with Crippen LogP contribution < -0.4 is 20.3 Å². The lowest BCUT2D eigenvalue weighted by atomic mass is 9.91. The average Bonchev–Trinajstić information content (AvgIpc) is 3.37. The number of nitrogens with zero attached hydrogens (tertiary/aromatic N) is 3. The zero-order chi connectivity index (χ0) is 19.5. The Labute approximate surface area is 162 Å². The van der Waals surface area contributed by atoms with Crippen LogP contribution in [0.5, 0.6) is 11.5 Å². The number of benzene rings is 1. The van der Waals surface area contributed by atoms with E-state index in [0.29, 0.717) is 27.7 Å². The second-order valence-corrected chi connectivity index (χ2v) is 7.53. The molecule has 5 rings (SSSR count). The van der Waals surface area contributed by atoms with Crippen LogP contribution in [-0.2, 0) is 16.9 Å². The Morgan fingerprint density at radius 1 is 1.21 bits per heavy atom. The minimum atomic E-state index is -1.25. The summed E-state index contributed by atoms with van der Waals surface area (Å²) in [4.78, 5) is 43.7. The molecule has 0 saturated carbocycles. The number of ether oxygens (including phenoxy) is 2. The van der Waals surface area contributed by atoms with Gasteiger partial charge in [0.25, 0.3) is 11.5 Å². The number of carbonyl (C=O) groups excluding carboxylic acids is 2. The summed E-state index contributed by atoms with van der Waals surface area (Å²) in [6.45, 7) is 1.67. The van der Waals surface area contributed by atoms with Crippen molar-refractivity contribution in [3.05, 3.63) is 57.5 Å². The van der Waals surface area contributed by atoms with Gasteiger partial charge in [-0.2, -0.15) is 0 Å². The van der Waals surface area contributed by atoms with Crippen molar-refractivity contribution in [2.45, 2.75) is 19.0 Å². The topological polar surface area (TPSA) is 102 Å². The number of hydrogen-bond acceptors (Lipinski definition) is 7. The van der Waals surface area contributed by atoms with Crippen LogP contribution in [0.1, 0.15) is 18.2 Å². The number of carbonyl (C=O) groups is 2. The van der Waals surface area contributed by atoms with Crippen molar-refractivity contribution in [1.29, 1.82) is 0 Å². The predicted octanol–water partition coefficient (Wildman–Crippen LogP) is 1.45. The van der Waals surface area contributed by atoms with Crippen molar-refractivity contribution in [2.24, 2.45) is 0 Å². The highest BCUT2D eigenvalue weighted by atomic mass is 32.1. The van der Waals surface area contributed by atoms with Crippen LogP contribution in [-0.4, -0.2) is 33.0 Å². The first-order valence-corrected chi connectivity index (χ1v) is 9.34. The molecule has 2 aromatic heterocycles. The molecule has 2 aliphatic heterocycles. The first kappa shape index (κ1) is 16.8. The van der Waals surface area contributed by atoms with Crippen LogP contribution in [0.15, 0.2) is 40.6 Å². The van der Waals surface area contributed by atoms with E-state index in [9.17, 15) is 14.4 Å². The minimum absolute atomic E-state index is 0.0888. The van der Waals surface area contributed by atoms with Gasteiger partial charge in [-0.05, 0) is 24.6 Å². The van der Waals surface area contributed by atoms with Crippen molar-refractivity contribution < 1.29 is 19.1 Å². The van der Waals surface area contributed by atoms with E-state index in [4.69, 9.17) is 9.47 Å². The van der Waals surface area contributed by atoms with Crippen LogP contribution in [0, 0.1) is 0 Å². The third-order valence-electron chi connectivity index (χ3n) is 4.90. The van der Waals surface area contributed by atoms with E-state index in [0.717, 1.165) is 4.90 Å². The fraction of sp³-hybridized carbons (Fsp3) is 0.222. The summed E-state index contributed by atoms with van der Waals surface area (Å²) in [5.74, 6) is 0.691. The Hall–Kier alpha value is -3.40. The van der Waals surface area contributed by atoms with Crippen molar-refractivity contribution in [3.8, 4) is 11.5 Å². The monoisotopic (exact) mass is 398 g/mol. The largest absolute Gasteiger partial charge is 0.454 e. The molecule has 3 amide bonds. The van der Waals surface area contributed by atoms with Gasteiger partial charge in [0.1, 0.15) is 5.54 Å². The van der Waals surface area contributed by atoms with Gasteiger partial charge in [0.05, 0.1) is 12.2 Å². The van der Waals surface area contributed by atoms with Crippen molar-refractivity contribution in [2.75, 3.05) is 6.79 Å². The fourth-order valence-electron chi connectivity index (χ4n) is 3.37. The highest BCUT2D eigenvalue weighted by Crippen LogP contribution is 2.38. The van der Waals surface area contributed by atoms with Gasteiger partial charge in [-0.1, -0.05) is 6.07 Å². The maximum absolute atomic E-state index is 13.1. The molecule has 1 atom stereocenters. The summed E-state index contributed by atoms with van der Waals surface area (Å²) in [6, 6.07) is 5.90. The smallest absolute Gasteiger partial charge is 0.325 e. The number of rotatable bonds is 3. The van der Waals surface area contributed by atoms with Crippen LogP contribution in [0.4, 0.5) is 4.79 Å². The Bertz CT molecular complexity index is 1200. The lowest BCUT2D eigenvalue weighted by molar-refractivity contribution is -0.131. The number of imide groups is 1. The molecule has 2 aliphatic rings. The van der Waals surface area contributed by atoms with Crippen molar-refractivity contribution >= 4 is 28.2 Å². The third-order valence-corrected chi connectivity index (χ3v) is 5.66. The number of aromatic nitrogens is 2. The zero-order valence-corrected chi connectivity index (χ0v) is 15.5. The maximum atomic E-state index is 13.1. The SMILES string of the molecule is C[C@]1(c2ccc3c(c2)OCO3)NC(=O)N(Cc2cc(=O)n3ccsc3n2)C1=O. The Morgan fingerprint density at radius 2 is 2.04 bits per heavy atom. The molecule has 0 radical (unpaired) electrons. The van der Waals surface area contributed by atoms with Gasteiger partial charge < -0.3 is 14.8 Å². The minimum Gasteiger partial charge on any atom is -0.454 e.